The average molecular weight is 377 g/mol. The predicted octanol–water partition coefficient (Wildman–Crippen LogP) is 4.43. The zero-order valence-corrected chi connectivity index (χ0v) is 15.8. The van der Waals surface area contributed by atoms with Crippen molar-refractivity contribution in [3.8, 4) is 11.1 Å². The van der Waals surface area contributed by atoms with Gasteiger partial charge in [0.1, 0.15) is 5.82 Å². The molecule has 132 valence electrons. The van der Waals surface area contributed by atoms with Crippen LogP contribution in [-0.2, 0) is 15.3 Å². The van der Waals surface area contributed by atoms with Crippen LogP contribution in [0, 0.1) is 0 Å². The van der Waals surface area contributed by atoms with Crippen LogP contribution in [0.1, 0.15) is 38.2 Å². The van der Waals surface area contributed by atoms with Crippen LogP contribution in [0.2, 0.25) is 5.02 Å². The number of nitrogens with one attached hydrogen (secondary N) is 1. The van der Waals surface area contributed by atoms with Crippen LogP contribution in [0.3, 0.4) is 0 Å². The molecule has 1 aromatic carbocycles. The van der Waals surface area contributed by atoms with E-state index >= 15 is 0 Å². The van der Waals surface area contributed by atoms with Crippen LogP contribution >= 0.6 is 11.6 Å². The van der Waals surface area contributed by atoms with Crippen molar-refractivity contribution in [3.63, 3.8) is 0 Å². The monoisotopic (exact) mass is 376 g/mol. The first-order valence-corrected chi connectivity index (χ1v) is 10.8. The van der Waals surface area contributed by atoms with Crippen LogP contribution in [0.25, 0.3) is 11.1 Å². The molecule has 0 saturated heterocycles. The number of fused-ring (bicyclic) bond motifs is 2. The Bertz CT molecular complexity index is 917. The summed E-state index contributed by atoms with van der Waals surface area (Å²) in [5, 5.41) is 4.17. The van der Waals surface area contributed by atoms with E-state index in [4.69, 9.17) is 11.6 Å². The lowest BCUT2D eigenvalue weighted by molar-refractivity contribution is 0.489. The van der Waals surface area contributed by atoms with Gasteiger partial charge in [0.05, 0.1) is 15.7 Å². The van der Waals surface area contributed by atoms with E-state index in [9.17, 15) is 8.42 Å². The molecule has 25 heavy (non-hydrogen) atoms. The molecular weight excluding hydrogens is 356 g/mol. The van der Waals surface area contributed by atoms with Gasteiger partial charge in [0.15, 0.2) is 9.84 Å². The number of aromatic nitrogens is 1. The fourth-order valence-electron chi connectivity index (χ4n) is 4.14. The summed E-state index contributed by atoms with van der Waals surface area (Å²) in [7, 11) is -3.19. The van der Waals surface area contributed by atoms with E-state index in [0.29, 0.717) is 4.90 Å². The lowest BCUT2D eigenvalue weighted by atomic mass is 9.80. The van der Waals surface area contributed by atoms with Crippen molar-refractivity contribution < 1.29 is 8.42 Å². The van der Waals surface area contributed by atoms with Crippen molar-refractivity contribution in [2.24, 2.45) is 0 Å². The Hall–Kier alpha value is -1.59. The van der Waals surface area contributed by atoms with E-state index in [1.165, 1.54) is 12.8 Å². The molecule has 1 fully saturated rings. The van der Waals surface area contributed by atoms with Crippen LogP contribution < -0.4 is 5.32 Å². The van der Waals surface area contributed by atoms with Gasteiger partial charge in [0, 0.05) is 29.3 Å². The second kappa shape index (κ2) is 5.99. The Morgan fingerprint density at radius 3 is 2.52 bits per heavy atom. The molecule has 1 aliphatic carbocycles. The Kier molecular flexibility index (Phi) is 4.04. The summed E-state index contributed by atoms with van der Waals surface area (Å²) in [6.45, 7) is 2.56. The first-order chi connectivity index (χ1) is 12.0. The van der Waals surface area contributed by atoms with Crippen LogP contribution in [-0.4, -0.2) is 25.7 Å². The summed E-state index contributed by atoms with van der Waals surface area (Å²) in [4.78, 5) is 4.93. The molecule has 1 spiro atoms. The smallest absolute Gasteiger partial charge is 0.178 e. The van der Waals surface area contributed by atoms with E-state index < -0.39 is 9.84 Å². The minimum Gasteiger partial charge on any atom is -0.369 e. The van der Waals surface area contributed by atoms with Gasteiger partial charge in [-0.15, -0.1) is 0 Å². The normalized spacial score (nSPS) is 18.3. The number of pyridine rings is 1. The second-order valence-corrected chi connectivity index (χ2v) is 9.63. The van der Waals surface area contributed by atoms with Gasteiger partial charge < -0.3 is 5.32 Å². The van der Waals surface area contributed by atoms with Crippen molar-refractivity contribution in [2.75, 3.05) is 17.6 Å². The number of sulfone groups is 1. The molecule has 2 heterocycles. The van der Waals surface area contributed by atoms with E-state index in [1.54, 1.807) is 25.3 Å². The van der Waals surface area contributed by atoms with Gasteiger partial charge in [-0.1, -0.05) is 43.5 Å². The number of hydrogen-bond acceptors (Lipinski definition) is 4. The van der Waals surface area contributed by atoms with Gasteiger partial charge in [-0.05, 0) is 30.5 Å². The summed E-state index contributed by atoms with van der Waals surface area (Å²) in [6, 6.07) is 6.95. The molecule has 1 N–H and O–H groups in total. The lowest BCUT2D eigenvalue weighted by Gasteiger charge is -2.24. The van der Waals surface area contributed by atoms with Crippen LogP contribution in [0.5, 0.6) is 0 Å². The molecule has 0 radical (unpaired) electrons. The largest absolute Gasteiger partial charge is 0.369 e. The molecule has 0 atom stereocenters. The zero-order valence-electron chi connectivity index (χ0n) is 14.2. The standard InChI is InChI=1S/C19H21ClN2O2S/c1-2-25(23,24)14-7-5-13(6-8-14)15-11-21-18-16(17(15)20)19(12-22-18)9-3-4-10-19/h5-8,11H,2-4,9-10,12H2,1H3,(H,21,22). The fourth-order valence-corrected chi connectivity index (χ4v) is 5.47. The molecule has 0 amide bonds. The lowest BCUT2D eigenvalue weighted by Crippen LogP contribution is -2.24. The van der Waals surface area contributed by atoms with Gasteiger partial charge in [-0.2, -0.15) is 0 Å². The molecule has 1 aromatic heterocycles. The van der Waals surface area contributed by atoms with Crippen molar-refractivity contribution in [1.29, 1.82) is 0 Å². The number of benzene rings is 1. The highest BCUT2D eigenvalue weighted by Gasteiger charge is 2.44. The summed E-state index contributed by atoms with van der Waals surface area (Å²) < 4.78 is 24.0. The molecule has 4 rings (SSSR count). The summed E-state index contributed by atoms with van der Waals surface area (Å²) >= 11 is 6.82. The third-order valence-corrected chi connectivity index (χ3v) is 7.75. The molecule has 6 heteroatoms. The first-order valence-electron chi connectivity index (χ1n) is 8.73. The highest BCUT2D eigenvalue weighted by atomic mass is 35.5. The van der Waals surface area contributed by atoms with Gasteiger partial charge >= 0.3 is 0 Å². The van der Waals surface area contributed by atoms with Crippen LogP contribution in [0.4, 0.5) is 5.82 Å². The zero-order chi connectivity index (χ0) is 17.7. The maximum Gasteiger partial charge on any atom is 0.178 e. The third-order valence-electron chi connectivity index (χ3n) is 5.61. The molecule has 2 aliphatic rings. The Balaban J connectivity index is 1.78. The quantitative estimate of drug-likeness (QED) is 0.860. The number of anilines is 1. The van der Waals surface area contributed by atoms with Gasteiger partial charge in [0.25, 0.3) is 0 Å². The third kappa shape index (κ3) is 2.64. The molecule has 2 aromatic rings. The average Bonchev–Trinajstić information content (AvgIpc) is 3.24. The molecule has 0 bridgehead atoms. The minimum absolute atomic E-state index is 0.0989. The number of rotatable bonds is 3. The summed E-state index contributed by atoms with van der Waals surface area (Å²) in [5.74, 6) is 1.00. The maximum absolute atomic E-state index is 12.0. The van der Waals surface area contributed by atoms with Gasteiger partial charge in [-0.25, -0.2) is 13.4 Å². The topological polar surface area (TPSA) is 59.1 Å². The minimum atomic E-state index is -3.19. The molecule has 4 nitrogen and oxygen atoms in total. The van der Waals surface area contributed by atoms with Gasteiger partial charge in [-0.3, -0.25) is 0 Å². The van der Waals surface area contributed by atoms with E-state index in [-0.39, 0.29) is 11.2 Å². The highest BCUT2D eigenvalue weighted by molar-refractivity contribution is 7.91. The molecular formula is C19H21ClN2O2S. The fraction of sp³-hybridized carbons (Fsp3) is 0.421. The Morgan fingerprint density at radius 2 is 1.88 bits per heavy atom. The first kappa shape index (κ1) is 16.9. The van der Waals surface area contributed by atoms with E-state index in [2.05, 4.69) is 10.3 Å². The molecule has 1 saturated carbocycles. The summed E-state index contributed by atoms with van der Waals surface area (Å²) in [5.41, 5.74) is 3.03. The second-order valence-electron chi connectivity index (χ2n) is 6.98. The SMILES string of the molecule is CCS(=O)(=O)c1ccc(-c2cnc3c(c2Cl)C2(CCCC2)CN3)cc1. The number of nitrogens with zero attached hydrogens (tertiary/aromatic N) is 1. The maximum atomic E-state index is 12.0. The van der Waals surface area contributed by atoms with Crippen LogP contribution in [0.15, 0.2) is 35.4 Å². The molecule has 0 unspecified atom stereocenters. The Morgan fingerprint density at radius 1 is 1.20 bits per heavy atom. The number of halogens is 1. The van der Waals surface area contributed by atoms with Crippen molar-refractivity contribution in [2.45, 2.75) is 42.9 Å². The summed E-state index contributed by atoms with van der Waals surface area (Å²) in [6.07, 6.45) is 6.53. The van der Waals surface area contributed by atoms with Crippen molar-refractivity contribution >= 4 is 27.3 Å². The van der Waals surface area contributed by atoms with Gasteiger partial charge in [0.2, 0.25) is 0 Å². The number of hydrogen-bond donors (Lipinski definition) is 1. The van der Waals surface area contributed by atoms with Crippen molar-refractivity contribution in [3.05, 3.63) is 41.0 Å². The highest BCUT2D eigenvalue weighted by Crippen LogP contribution is 2.51. The molecule has 1 aliphatic heterocycles. The van der Waals surface area contributed by atoms with Crippen molar-refractivity contribution in [1.82, 2.24) is 4.98 Å². The Labute approximate surface area is 153 Å². The van der Waals surface area contributed by atoms with E-state index in [0.717, 1.165) is 46.9 Å². The predicted molar refractivity (Wildman–Crippen MR) is 101 cm³/mol. The van der Waals surface area contributed by atoms with E-state index in [1.807, 2.05) is 12.1 Å².